The molecule has 1 atom stereocenters. The van der Waals surface area contributed by atoms with Crippen LogP contribution < -0.4 is 0 Å². The molecule has 0 saturated carbocycles. The van der Waals surface area contributed by atoms with Gasteiger partial charge in [-0.3, -0.25) is 0 Å². The maximum atomic E-state index is 9.01. The molecule has 2 rings (SSSR count). The average Bonchev–Trinajstić information content (AvgIpc) is 2.63. The summed E-state index contributed by atoms with van der Waals surface area (Å²) in [6, 6.07) is 6.32. The van der Waals surface area contributed by atoms with Gasteiger partial charge in [0.1, 0.15) is 0 Å². The number of ether oxygens (including phenoxy) is 1. The first-order valence-corrected chi connectivity index (χ1v) is 4.61. The molecule has 1 heterocycles. The fourth-order valence-corrected chi connectivity index (χ4v) is 1.60. The van der Waals surface area contributed by atoms with E-state index in [-0.39, 0.29) is 12.5 Å². The van der Waals surface area contributed by atoms with Crippen molar-refractivity contribution >= 4 is 0 Å². The lowest BCUT2D eigenvalue weighted by molar-refractivity contribution is 0.134. The number of fused-ring (bicyclic) bond motifs is 1. The number of aliphatic hydroxyl groups excluding tert-OH is 1. The fourth-order valence-electron chi connectivity index (χ4n) is 1.60. The van der Waals surface area contributed by atoms with Crippen LogP contribution >= 0.6 is 0 Å². The van der Waals surface area contributed by atoms with Crippen LogP contribution in [-0.4, -0.2) is 11.7 Å². The summed E-state index contributed by atoms with van der Waals surface area (Å²) in [5, 5.41) is 9.01. The lowest BCUT2D eigenvalue weighted by Crippen LogP contribution is -1.99. The number of aliphatic hydroxyl groups is 1. The van der Waals surface area contributed by atoms with E-state index in [1.54, 1.807) is 0 Å². The summed E-state index contributed by atoms with van der Waals surface area (Å²) < 4.78 is 5.32. The third-order valence-corrected chi connectivity index (χ3v) is 2.59. The van der Waals surface area contributed by atoms with Gasteiger partial charge < -0.3 is 9.84 Å². The summed E-state index contributed by atoms with van der Waals surface area (Å²) in [5.41, 5.74) is 3.76. The summed E-state index contributed by atoms with van der Waals surface area (Å²) in [6.07, 6.45) is 0. The van der Waals surface area contributed by atoms with Crippen molar-refractivity contribution < 1.29 is 9.84 Å². The molecule has 0 aromatic heterocycles. The number of hydrogen-bond acceptors (Lipinski definition) is 2. The number of rotatable bonds is 2. The number of benzene rings is 1. The minimum Gasteiger partial charge on any atom is -0.396 e. The van der Waals surface area contributed by atoms with Crippen LogP contribution in [0.3, 0.4) is 0 Å². The monoisotopic (exact) mass is 178 g/mol. The highest BCUT2D eigenvalue weighted by Crippen LogP contribution is 2.24. The quantitative estimate of drug-likeness (QED) is 0.748. The van der Waals surface area contributed by atoms with E-state index >= 15 is 0 Å². The molecule has 0 aliphatic carbocycles. The van der Waals surface area contributed by atoms with Gasteiger partial charge in [0, 0.05) is 12.5 Å². The summed E-state index contributed by atoms with van der Waals surface area (Å²) in [6.45, 7) is 3.70. The Morgan fingerprint density at radius 1 is 1.38 bits per heavy atom. The molecule has 1 N–H and O–H groups in total. The van der Waals surface area contributed by atoms with Crippen LogP contribution in [0, 0.1) is 0 Å². The van der Waals surface area contributed by atoms with Gasteiger partial charge in [-0.05, 0) is 16.7 Å². The molecule has 0 bridgehead atoms. The van der Waals surface area contributed by atoms with Crippen molar-refractivity contribution in [2.75, 3.05) is 6.61 Å². The third-order valence-electron chi connectivity index (χ3n) is 2.59. The Balaban J connectivity index is 2.30. The molecule has 1 aromatic carbocycles. The van der Waals surface area contributed by atoms with E-state index in [4.69, 9.17) is 9.84 Å². The lowest BCUT2D eigenvalue weighted by atomic mass is 9.98. The van der Waals surface area contributed by atoms with Gasteiger partial charge in [-0.1, -0.05) is 25.1 Å². The van der Waals surface area contributed by atoms with Gasteiger partial charge in [-0.15, -0.1) is 0 Å². The van der Waals surface area contributed by atoms with Crippen molar-refractivity contribution in [2.45, 2.75) is 26.1 Å². The molecular formula is C11H14O2. The molecule has 1 aliphatic heterocycles. The summed E-state index contributed by atoms with van der Waals surface area (Å²) in [4.78, 5) is 0. The molecule has 0 radical (unpaired) electrons. The highest BCUT2D eigenvalue weighted by molar-refractivity contribution is 5.34. The predicted molar refractivity (Wildman–Crippen MR) is 50.4 cm³/mol. The molecule has 2 nitrogen and oxygen atoms in total. The van der Waals surface area contributed by atoms with Gasteiger partial charge in [0.05, 0.1) is 13.2 Å². The first-order chi connectivity index (χ1) is 6.31. The highest BCUT2D eigenvalue weighted by atomic mass is 16.5. The minimum absolute atomic E-state index is 0.208. The van der Waals surface area contributed by atoms with Crippen LogP contribution in [0.5, 0.6) is 0 Å². The zero-order valence-corrected chi connectivity index (χ0v) is 7.79. The van der Waals surface area contributed by atoms with E-state index < -0.39 is 0 Å². The number of hydrogen-bond donors (Lipinski definition) is 1. The van der Waals surface area contributed by atoms with Crippen molar-refractivity contribution in [3.05, 3.63) is 34.9 Å². The zero-order chi connectivity index (χ0) is 9.26. The van der Waals surface area contributed by atoms with Crippen molar-refractivity contribution in [1.82, 2.24) is 0 Å². The molecule has 0 fully saturated rings. The Labute approximate surface area is 78.2 Å². The first-order valence-electron chi connectivity index (χ1n) is 4.61. The van der Waals surface area contributed by atoms with Gasteiger partial charge in [-0.2, -0.15) is 0 Å². The second-order valence-corrected chi connectivity index (χ2v) is 3.60. The van der Waals surface area contributed by atoms with Gasteiger partial charge in [0.25, 0.3) is 0 Å². The molecule has 0 amide bonds. The smallest absolute Gasteiger partial charge is 0.0725 e. The van der Waals surface area contributed by atoms with Crippen LogP contribution in [-0.2, 0) is 18.0 Å². The standard InChI is InChI=1S/C11H14O2/c1-8(5-12)9-2-3-10-6-13-7-11(10)4-9/h2-4,8,12H,5-7H2,1H3. The largest absolute Gasteiger partial charge is 0.396 e. The Bertz CT molecular complexity index is 307. The Hall–Kier alpha value is -0.860. The van der Waals surface area contributed by atoms with Gasteiger partial charge >= 0.3 is 0 Å². The summed E-state index contributed by atoms with van der Waals surface area (Å²) in [5.74, 6) is 0.228. The average molecular weight is 178 g/mol. The fraction of sp³-hybridized carbons (Fsp3) is 0.455. The molecule has 1 aromatic rings. The van der Waals surface area contributed by atoms with E-state index in [2.05, 4.69) is 18.2 Å². The summed E-state index contributed by atoms with van der Waals surface area (Å²) in [7, 11) is 0. The summed E-state index contributed by atoms with van der Waals surface area (Å²) >= 11 is 0. The van der Waals surface area contributed by atoms with E-state index in [1.807, 2.05) is 6.92 Å². The molecule has 0 spiro atoms. The van der Waals surface area contributed by atoms with Gasteiger partial charge in [0.2, 0.25) is 0 Å². The van der Waals surface area contributed by atoms with Gasteiger partial charge in [0.15, 0.2) is 0 Å². The van der Waals surface area contributed by atoms with Crippen molar-refractivity contribution in [2.24, 2.45) is 0 Å². The first kappa shape index (κ1) is 8.73. The minimum atomic E-state index is 0.208. The SMILES string of the molecule is CC(CO)c1ccc2c(c1)COC2. The molecule has 13 heavy (non-hydrogen) atoms. The lowest BCUT2D eigenvalue weighted by Gasteiger charge is -2.09. The Kier molecular flexibility index (Phi) is 2.34. The molecule has 1 unspecified atom stereocenters. The highest BCUT2D eigenvalue weighted by Gasteiger charge is 2.13. The van der Waals surface area contributed by atoms with E-state index in [9.17, 15) is 0 Å². The molecular weight excluding hydrogens is 164 g/mol. The van der Waals surface area contributed by atoms with E-state index in [1.165, 1.54) is 16.7 Å². The molecule has 70 valence electrons. The van der Waals surface area contributed by atoms with Crippen molar-refractivity contribution in [3.63, 3.8) is 0 Å². The second-order valence-electron chi connectivity index (χ2n) is 3.60. The van der Waals surface area contributed by atoms with E-state index in [0.717, 1.165) is 13.2 Å². The van der Waals surface area contributed by atoms with Crippen molar-refractivity contribution in [3.8, 4) is 0 Å². The Morgan fingerprint density at radius 2 is 2.15 bits per heavy atom. The van der Waals surface area contributed by atoms with Crippen molar-refractivity contribution in [1.29, 1.82) is 0 Å². The Morgan fingerprint density at radius 3 is 2.92 bits per heavy atom. The van der Waals surface area contributed by atoms with Gasteiger partial charge in [-0.25, -0.2) is 0 Å². The van der Waals surface area contributed by atoms with Crippen LogP contribution in [0.15, 0.2) is 18.2 Å². The predicted octanol–water partition coefficient (Wildman–Crippen LogP) is 1.81. The van der Waals surface area contributed by atoms with Crippen LogP contribution in [0.25, 0.3) is 0 Å². The van der Waals surface area contributed by atoms with Crippen LogP contribution in [0.4, 0.5) is 0 Å². The molecule has 1 aliphatic rings. The van der Waals surface area contributed by atoms with E-state index in [0.29, 0.717) is 0 Å². The molecule has 0 saturated heterocycles. The maximum Gasteiger partial charge on any atom is 0.0725 e. The normalized spacial score (nSPS) is 17.1. The molecule has 2 heteroatoms. The topological polar surface area (TPSA) is 29.5 Å². The maximum absolute atomic E-state index is 9.01. The van der Waals surface area contributed by atoms with Crippen LogP contribution in [0.2, 0.25) is 0 Å². The van der Waals surface area contributed by atoms with Crippen LogP contribution in [0.1, 0.15) is 29.5 Å². The second kappa shape index (κ2) is 3.48. The third kappa shape index (κ3) is 1.60. The zero-order valence-electron chi connectivity index (χ0n) is 7.79.